The fourth-order valence-electron chi connectivity index (χ4n) is 3.05. The van der Waals surface area contributed by atoms with Crippen LogP contribution in [0.3, 0.4) is 0 Å². The Balaban J connectivity index is 1.74. The largest absolute Gasteiger partial charge is 0.462 e. The number of nitrogens with one attached hydrogen (secondary N) is 2. The summed E-state index contributed by atoms with van der Waals surface area (Å²) in [6, 6.07) is 13.6. The van der Waals surface area contributed by atoms with Crippen LogP contribution < -0.4 is 10.6 Å². The quantitative estimate of drug-likeness (QED) is 0.466. The molecule has 3 rings (SSSR count). The second kappa shape index (κ2) is 10.9. The highest BCUT2D eigenvalue weighted by Crippen LogP contribution is 2.34. The van der Waals surface area contributed by atoms with Crippen LogP contribution >= 0.6 is 22.7 Å². The van der Waals surface area contributed by atoms with Crippen molar-refractivity contribution in [3.05, 3.63) is 74.3 Å². The van der Waals surface area contributed by atoms with Crippen molar-refractivity contribution in [3.63, 3.8) is 0 Å². The summed E-state index contributed by atoms with van der Waals surface area (Å²) in [5.41, 5.74) is 1.87. The Morgan fingerprint density at radius 2 is 1.84 bits per heavy atom. The Morgan fingerprint density at radius 3 is 2.52 bits per heavy atom. The van der Waals surface area contributed by atoms with Crippen molar-refractivity contribution in [1.82, 2.24) is 5.32 Å². The lowest BCUT2D eigenvalue weighted by molar-refractivity contribution is -0.115. The van der Waals surface area contributed by atoms with E-state index in [1.807, 2.05) is 47.8 Å². The second-order valence-electron chi connectivity index (χ2n) is 6.78. The summed E-state index contributed by atoms with van der Waals surface area (Å²) < 4.78 is 5.16. The molecular weight excluding hydrogens is 432 g/mol. The van der Waals surface area contributed by atoms with E-state index in [-0.39, 0.29) is 30.4 Å². The number of amides is 2. The van der Waals surface area contributed by atoms with Crippen LogP contribution in [0.25, 0.3) is 0 Å². The van der Waals surface area contributed by atoms with Crippen molar-refractivity contribution in [2.45, 2.75) is 26.7 Å². The average Bonchev–Trinajstić information content (AvgIpc) is 3.36. The summed E-state index contributed by atoms with van der Waals surface area (Å²) in [5.74, 6) is -1.07. The maximum absolute atomic E-state index is 12.8. The van der Waals surface area contributed by atoms with Gasteiger partial charge in [-0.05, 0) is 42.8 Å². The minimum Gasteiger partial charge on any atom is -0.462 e. The molecule has 8 heteroatoms. The highest BCUT2D eigenvalue weighted by molar-refractivity contribution is 7.18. The van der Waals surface area contributed by atoms with Gasteiger partial charge in [-0.1, -0.05) is 36.4 Å². The van der Waals surface area contributed by atoms with Crippen LogP contribution in [0, 0.1) is 6.92 Å². The van der Waals surface area contributed by atoms with E-state index in [2.05, 4.69) is 10.6 Å². The number of ether oxygens (including phenoxy) is 1. The first-order valence-electron chi connectivity index (χ1n) is 9.94. The van der Waals surface area contributed by atoms with Gasteiger partial charge in [0.25, 0.3) is 5.91 Å². The van der Waals surface area contributed by atoms with Gasteiger partial charge in [0.1, 0.15) is 5.00 Å². The van der Waals surface area contributed by atoms with E-state index in [9.17, 15) is 14.4 Å². The summed E-state index contributed by atoms with van der Waals surface area (Å²) in [4.78, 5) is 39.1. The number of anilines is 1. The summed E-state index contributed by atoms with van der Waals surface area (Å²) in [7, 11) is 0. The van der Waals surface area contributed by atoms with Crippen LogP contribution in [0.1, 0.15) is 43.0 Å². The zero-order valence-electron chi connectivity index (χ0n) is 17.4. The van der Waals surface area contributed by atoms with Gasteiger partial charge in [0.15, 0.2) is 0 Å². The van der Waals surface area contributed by atoms with Crippen molar-refractivity contribution in [2.75, 3.05) is 18.5 Å². The van der Waals surface area contributed by atoms with Crippen molar-refractivity contribution < 1.29 is 19.1 Å². The van der Waals surface area contributed by atoms with Crippen LogP contribution in [0.5, 0.6) is 0 Å². The van der Waals surface area contributed by atoms with E-state index in [0.717, 1.165) is 21.8 Å². The van der Waals surface area contributed by atoms with Gasteiger partial charge in [-0.25, -0.2) is 4.79 Å². The van der Waals surface area contributed by atoms with E-state index in [0.29, 0.717) is 28.4 Å². The Morgan fingerprint density at radius 1 is 1.06 bits per heavy atom. The van der Waals surface area contributed by atoms with Crippen LogP contribution in [0.15, 0.2) is 47.8 Å². The minimum atomic E-state index is -0.550. The molecule has 0 aliphatic rings. The lowest BCUT2D eigenvalue weighted by Gasteiger charge is -2.07. The van der Waals surface area contributed by atoms with Crippen molar-refractivity contribution in [2.24, 2.45) is 0 Å². The maximum Gasteiger partial charge on any atom is 0.341 e. The number of esters is 1. The molecule has 0 aliphatic carbocycles. The van der Waals surface area contributed by atoms with Crippen LogP contribution in [0.2, 0.25) is 0 Å². The highest BCUT2D eigenvalue weighted by Gasteiger charge is 2.26. The topological polar surface area (TPSA) is 84.5 Å². The fourth-order valence-corrected chi connectivity index (χ4v) is 4.89. The molecule has 3 aromatic rings. The van der Waals surface area contributed by atoms with E-state index in [1.165, 1.54) is 11.3 Å². The molecule has 1 aromatic carbocycles. The number of carbonyl (C=O) groups excluding carboxylic acids is 3. The van der Waals surface area contributed by atoms with Crippen LogP contribution in [-0.4, -0.2) is 30.9 Å². The van der Waals surface area contributed by atoms with Gasteiger partial charge in [0.2, 0.25) is 5.91 Å². The van der Waals surface area contributed by atoms with Gasteiger partial charge in [0.05, 0.1) is 23.5 Å². The Hall–Kier alpha value is -2.97. The molecular formula is C23H24N2O4S2. The number of hydrogen-bond donors (Lipinski definition) is 2. The normalized spacial score (nSPS) is 10.5. The molecule has 0 aliphatic heterocycles. The molecule has 0 atom stereocenters. The third-order valence-electron chi connectivity index (χ3n) is 4.54. The third-order valence-corrected chi connectivity index (χ3v) is 6.62. The van der Waals surface area contributed by atoms with Gasteiger partial charge < -0.3 is 15.4 Å². The minimum absolute atomic E-state index is 0.204. The highest BCUT2D eigenvalue weighted by atomic mass is 32.1. The average molecular weight is 457 g/mol. The SMILES string of the molecule is CCOC(=O)c1c(NC(=O)Cc2cccs2)sc(C(=O)NCCc2ccccc2)c1C. The Kier molecular flexibility index (Phi) is 7.97. The first-order valence-corrected chi connectivity index (χ1v) is 11.6. The number of carbonyl (C=O) groups is 3. The standard InChI is InChI=1S/C23H24N2O4S2/c1-3-29-23(28)19-15(2)20(21(27)24-12-11-16-8-5-4-6-9-16)31-22(19)25-18(26)14-17-10-7-13-30-17/h4-10,13H,3,11-12,14H2,1-2H3,(H,24,27)(H,25,26). The first kappa shape index (κ1) is 22.7. The molecule has 0 saturated heterocycles. The fraction of sp³-hybridized carbons (Fsp3) is 0.261. The Labute approximate surface area is 189 Å². The van der Waals surface area contributed by atoms with Crippen LogP contribution in [0.4, 0.5) is 5.00 Å². The number of thiophene rings is 2. The predicted molar refractivity (Wildman–Crippen MR) is 124 cm³/mol. The van der Waals surface area contributed by atoms with E-state index in [1.54, 1.807) is 13.8 Å². The van der Waals surface area contributed by atoms with E-state index < -0.39 is 5.97 Å². The zero-order valence-corrected chi connectivity index (χ0v) is 19.0. The molecule has 162 valence electrons. The molecule has 6 nitrogen and oxygen atoms in total. The smallest absolute Gasteiger partial charge is 0.341 e. The van der Waals surface area contributed by atoms with Crippen LogP contribution in [-0.2, 0) is 22.4 Å². The second-order valence-corrected chi connectivity index (χ2v) is 8.83. The molecule has 2 N–H and O–H groups in total. The monoisotopic (exact) mass is 456 g/mol. The van der Waals surface area contributed by atoms with Gasteiger partial charge >= 0.3 is 5.97 Å². The summed E-state index contributed by atoms with van der Waals surface area (Å²) in [6.07, 6.45) is 0.904. The van der Waals surface area contributed by atoms with Gasteiger partial charge in [-0.15, -0.1) is 22.7 Å². The molecule has 2 aromatic heterocycles. The molecule has 0 bridgehead atoms. The maximum atomic E-state index is 12.8. The molecule has 31 heavy (non-hydrogen) atoms. The van der Waals surface area contributed by atoms with E-state index in [4.69, 9.17) is 4.74 Å². The van der Waals surface area contributed by atoms with E-state index >= 15 is 0 Å². The van der Waals surface area contributed by atoms with Crippen molar-refractivity contribution in [1.29, 1.82) is 0 Å². The van der Waals surface area contributed by atoms with Crippen molar-refractivity contribution in [3.8, 4) is 0 Å². The number of hydrogen-bond acceptors (Lipinski definition) is 6. The molecule has 2 heterocycles. The van der Waals surface area contributed by atoms with Gasteiger partial charge in [0, 0.05) is 11.4 Å². The molecule has 0 spiro atoms. The zero-order chi connectivity index (χ0) is 22.2. The predicted octanol–water partition coefficient (Wildman–Crippen LogP) is 4.45. The third kappa shape index (κ3) is 6.02. The van der Waals surface area contributed by atoms with Gasteiger partial charge in [-0.2, -0.15) is 0 Å². The molecule has 0 fully saturated rings. The molecule has 0 unspecified atom stereocenters. The van der Waals surface area contributed by atoms with Gasteiger partial charge in [-0.3, -0.25) is 9.59 Å². The van der Waals surface area contributed by atoms with Crippen molar-refractivity contribution >= 4 is 45.5 Å². The molecule has 2 amide bonds. The number of benzene rings is 1. The summed E-state index contributed by atoms with van der Waals surface area (Å²) in [6.45, 7) is 4.08. The Bertz CT molecular complexity index is 1040. The molecule has 0 radical (unpaired) electrons. The lowest BCUT2D eigenvalue weighted by Crippen LogP contribution is -2.25. The lowest BCUT2D eigenvalue weighted by atomic mass is 10.1. The molecule has 0 saturated carbocycles. The summed E-state index contributed by atoms with van der Waals surface area (Å²) >= 11 is 2.58. The number of rotatable bonds is 9. The summed E-state index contributed by atoms with van der Waals surface area (Å²) in [5, 5.41) is 7.93. The first-order chi connectivity index (χ1) is 15.0.